The first-order chi connectivity index (χ1) is 11.6. The monoisotopic (exact) mass is 347 g/mol. The van der Waals surface area contributed by atoms with Crippen LogP contribution in [0, 0.1) is 0 Å². The highest BCUT2D eigenvalue weighted by Crippen LogP contribution is 2.29. The molecule has 128 valence electrons. The number of ether oxygens (including phenoxy) is 2. The van der Waals surface area contributed by atoms with E-state index in [1.54, 1.807) is 26.4 Å². The SMILES string of the molecule is COc1ccc(OC)c(NC(=O)C[NH+]2CCc3sccc3[C@@H]2C)c1. The Morgan fingerprint density at radius 1 is 1.33 bits per heavy atom. The third kappa shape index (κ3) is 3.39. The summed E-state index contributed by atoms with van der Waals surface area (Å²) in [5.41, 5.74) is 2.02. The number of fused-ring (bicyclic) bond motifs is 1. The molecule has 1 aliphatic rings. The van der Waals surface area contributed by atoms with Gasteiger partial charge in [0.25, 0.3) is 5.91 Å². The highest BCUT2D eigenvalue weighted by molar-refractivity contribution is 7.10. The van der Waals surface area contributed by atoms with Crippen LogP contribution in [0.1, 0.15) is 23.4 Å². The largest absolute Gasteiger partial charge is 0.497 e. The second-order valence-corrected chi connectivity index (χ2v) is 6.97. The van der Waals surface area contributed by atoms with Crippen LogP contribution in [-0.2, 0) is 11.2 Å². The van der Waals surface area contributed by atoms with Crippen LogP contribution in [0.4, 0.5) is 5.69 Å². The van der Waals surface area contributed by atoms with Crippen molar-refractivity contribution in [3.8, 4) is 11.5 Å². The lowest BCUT2D eigenvalue weighted by Gasteiger charge is -2.30. The minimum atomic E-state index is -0.0120. The molecule has 2 heterocycles. The van der Waals surface area contributed by atoms with Gasteiger partial charge >= 0.3 is 0 Å². The molecule has 0 bridgehead atoms. The van der Waals surface area contributed by atoms with Crippen molar-refractivity contribution in [3.63, 3.8) is 0 Å². The van der Waals surface area contributed by atoms with Gasteiger partial charge in [0.05, 0.1) is 26.5 Å². The number of benzene rings is 1. The Morgan fingerprint density at radius 2 is 2.17 bits per heavy atom. The van der Waals surface area contributed by atoms with E-state index in [1.165, 1.54) is 15.3 Å². The van der Waals surface area contributed by atoms with E-state index < -0.39 is 0 Å². The molecule has 0 saturated heterocycles. The number of nitrogens with one attached hydrogen (secondary N) is 2. The molecule has 2 aromatic rings. The fourth-order valence-corrected chi connectivity index (χ4v) is 4.18. The van der Waals surface area contributed by atoms with E-state index in [1.807, 2.05) is 17.4 Å². The number of anilines is 1. The lowest BCUT2D eigenvalue weighted by molar-refractivity contribution is -0.923. The number of methoxy groups -OCH3 is 2. The zero-order valence-corrected chi connectivity index (χ0v) is 15.0. The molecule has 1 unspecified atom stereocenters. The van der Waals surface area contributed by atoms with Crippen LogP contribution in [0.25, 0.3) is 0 Å². The lowest BCUT2D eigenvalue weighted by Crippen LogP contribution is -3.14. The van der Waals surface area contributed by atoms with Gasteiger partial charge in [0.15, 0.2) is 6.54 Å². The van der Waals surface area contributed by atoms with Gasteiger partial charge < -0.3 is 19.7 Å². The third-order valence-electron chi connectivity index (χ3n) is 4.60. The van der Waals surface area contributed by atoms with E-state index in [-0.39, 0.29) is 5.91 Å². The Labute approximate surface area is 146 Å². The predicted molar refractivity (Wildman–Crippen MR) is 95.3 cm³/mol. The molecule has 6 heteroatoms. The average molecular weight is 347 g/mol. The summed E-state index contributed by atoms with van der Waals surface area (Å²) in [7, 11) is 3.19. The molecule has 2 atom stereocenters. The Bertz CT molecular complexity index is 729. The molecule has 0 radical (unpaired) electrons. The first-order valence-corrected chi connectivity index (χ1v) is 8.93. The normalized spacial score (nSPS) is 19.5. The maximum atomic E-state index is 12.5. The fourth-order valence-electron chi connectivity index (χ4n) is 3.20. The third-order valence-corrected chi connectivity index (χ3v) is 5.60. The molecular formula is C18H23N2O3S+. The van der Waals surface area contributed by atoms with Gasteiger partial charge in [-0.05, 0) is 30.5 Å². The Hall–Kier alpha value is -2.05. The van der Waals surface area contributed by atoms with Gasteiger partial charge in [0.1, 0.15) is 17.5 Å². The number of carbonyl (C=O) groups is 1. The first kappa shape index (κ1) is 16.8. The van der Waals surface area contributed by atoms with Crippen LogP contribution < -0.4 is 19.7 Å². The van der Waals surface area contributed by atoms with Crippen LogP contribution >= 0.6 is 11.3 Å². The Morgan fingerprint density at radius 3 is 2.92 bits per heavy atom. The van der Waals surface area contributed by atoms with Crippen molar-refractivity contribution in [1.29, 1.82) is 0 Å². The topological polar surface area (TPSA) is 52.0 Å². The van der Waals surface area contributed by atoms with Crippen molar-refractivity contribution in [2.45, 2.75) is 19.4 Å². The molecule has 2 N–H and O–H groups in total. The highest BCUT2D eigenvalue weighted by atomic mass is 32.1. The van der Waals surface area contributed by atoms with Gasteiger partial charge in [0, 0.05) is 22.9 Å². The van der Waals surface area contributed by atoms with E-state index in [2.05, 4.69) is 23.7 Å². The van der Waals surface area contributed by atoms with Gasteiger partial charge in [0.2, 0.25) is 0 Å². The summed E-state index contributed by atoms with van der Waals surface area (Å²) in [5.74, 6) is 1.31. The van der Waals surface area contributed by atoms with Crippen LogP contribution in [0.5, 0.6) is 11.5 Å². The van der Waals surface area contributed by atoms with Crippen LogP contribution in [0.15, 0.2) is 29.6 Å². The smallest absolute Gasteiger partial charge is 0.279 e. The number of rotatable bonds is 5. The van der Waals surface area contributed by atoms with Crippen LogP contribution in [0.3, 0.4) is 0 Å². The van der Waals surface area contributed by atoms with Crippen molar-refractivity contribution in [2.24, 2.45) is 0 Å². The van der Waals surface area contributed by atoms with E-state index >= 15 is 0 Å². The average Bonchev–Trinajstić information content (AvgIpc) is 3.06. The molecule has 1 aromatic carbocycles. The number of amides is 1. The molecule has 0 aliphatic carbocycles. The molecule has 1 amide bonds. The maximum Gasteiger partial charge on any atom is 0.279 e. The molecule has 0 spiro atoms. The van der Waals surface area contributed by atoms with Crippen LogP contribution in [-0.4, -0.2) is 33.2 Å². The van der Waals surface area contributed by atoms with Gasteiger partial charge in [-0.3, -0.25) is 4.79 Å². The van der Waals surface area contributed by atoms with E-state index in [4.69, 9.17) is 9.47 Å². The number of hydrogen-bond donors (Lipinski definition) is 2. The van der Waals surface area contributed by atoms with Gasteiger partial charge in [-0.25, -0.2) is 0 Å². The fraction of sp³-hybridized carbons (Fsp3) is 0.389. The van der Waals surface area contributed by atoms with Crippen LogP contribution in [0.2, 0.25) is 0 Å². The predicted octanol–water partition coefficient (Wildman–Crippen LogP) is 1.91. The van der Waals surface area contributed by atoms with E-state index in [9.17, 15) is 4.79 Å². The van der Waals surface area contributed by atoms with Crippen molar-refractivity contribution in [1.82, 2.24) is 0 Å². The second-order valence-electron chi connectivity index (χ2n) is 5.97. The van der Waals surface area contributed by atoms with Gasteiger partial charge in [-0.2, -0.15) is 0 Å². The lowest BCUT2D eigenvalue weighted by atomic mass is 10.0. The van der Waals surface area contributed by atoms with Crippen molar-refractivity contribution < 1.29 is 19.2 Å². The van der Waals surface area contributed by atoms with Gasteiger partial charge in [-0.15, -0.1) is 11.3 Å². The summed E-state index contributed by atoms with van der Waals surface area (Å²) in [6.07, 6.45) is 1.04. The first-order valence-electron chi connectivity index (χ1n) is 8.05. The number of hydrogen-bond acceptors (Lipinski definition) is 4. The molecule has 3 rings (SSSR count). The Kier molecular flexibility index (Phi) is 5.06. The zero-order valence-electron chi connectivity index (χ0n) is 14.2. The number of carbonyl (C=O) groups excluding carboxylic acids is 1. The second kappa shape index (κ2) is 7.23. The molecule has 0 fully saturated rings. The molecular weight excluding hydrogens is 324 g/mol. The summed E-state index contributed by atoms with van der Waals surface area (Å²) in [6, 6.07) is 7.92. The minimum absolute atomic E-state index is 0.0120. The summed E-state index contributed by atoms with van der Waals surface area (Å²) < 4.78 is 10.5. The van der Waals surface area contributed by atoms with E-state index in [0.717, 1.165) is 13.0 Å². The number of quaternary nitrogens is 1. The molecule has 0 saturated carbocycles. The zero-order chi connectivity index (χ0) is 17.1. The maximum absolute atomic E-state index is 12.5. The number of thiophene rings is 1. The summed E-state index contributed by atoms with van der Waals surface area (Å²) in [4.78, 5) is 15.3. The van der Waals surface area contributed by atoms with E-state index in [0.29, 0.717) is 29.8 Å². The molecule has 5 nitrogen and oxygen atoms in total. The molecule has 24 heavy (non-hydrogen) atoms. The highest BCUT2D eigenvalue weighted by Gasteiger charge is 2.29. The Balaban J connectivity index is 1.68. The van der Waals surface area contributed by atoms with Crippen molar-refractivity contribution in [3.05, 3.63) is 40.1 Å². The quantitative estimate of drug-likeness (QED) is 0.869. The minimum Gasteiger partial charge on any atom is -0.497 e. The molecule has 1 aromatic heterocycles. The van der Waals surface area contributed by atoms with Gasteiger partial charge in [-0.1, -0.05) is 0 Å². The van der Waals surface area contributed by atoms with Crippen molar-refractivity contribution in [2.75, 3.05) is 32.6 Å². The summed E-state index contributed by atoms with van der Waals surface area (Å²) >= 11 is 1.82. The summed E-state index contributed by atoms with van der Waals surface area (Å²) in [5, 5.41) is 5.10. The summed E-state index contributed by atoms with van der Waals surface area (Å²) in [6.45, 7) is 3.62. The standard InChI is InChI=1S/C18H22N2O3S/c1-12-14-7-9-24-17(14)6-8-20(12)11-18(21)19-15-10-13(22-2)4-5-16(15)23-3/h4-5,7,9-10,12H,6,8,11H2,1-3H3,(H,19,21)/p+1/t12-/m0/s1. The van der Waals surface area contributed by atoms with Crippen molar-refractivity contribution >= 4 is 22.9 Å². The molecule has 1 aliphatic heterocycles.